The molecule has 1 aliphatic carbocycles. The monoisotopic (exact) mass is 319 g/mol. The van der Waals surface area contributed by atoms with E-state index in [0.717, 1.165) is 24.8 Å². The van der Waals surface area contributed by atoms with Gasteiger partial charge in [0.15, 0.2) is 0 Å². The minimum Gasteiger partial charge on any atom is -0.481 e. The van der Waals surface area contributed by atoms with Gasteiger partial charge in [-0.2, -0.15) is 0 Å². The van der Waals surface area contributed by atoms with Crippen LogP contribution in [0.5, 0.6) is 0 Å². The molecular weight excluding hydrogens is 298 g/mol. The van der Waals surface area contributed by atoms with Crippen molar-refractivity contribution in [1.29, 1.82) is 0 Å². The molecule has 0 radical (unpaired) electrons. The number of carboxylic acids is 1. The molecule has 7 nitrogen and oxygen atoms in total. The number of hydrogen-bond donors (Lipinski definition) is 4. The van der Waals surface area contributed by atoms with Gasteiger partial charge in [-0.15, -0.1) is 0 Å². The van der Waals surface area contributed by atoms with Crippen LogP contribution in [0.3, 0.4) is 0 Å². The number of rotatable bonds is 7. The zero-order valence-corrected chi connectivity index (χ0v) is 12.8. The second-order valence-corrected chi connectivity index (χ2v) is 5.57. The van der Waals surface area contributed by atoms with Crippen molar-refractivity contribution in [2.45, 2.75) is 32.2 Å². The standard InChI is InChI=1S/C16H21N3O4/c20-14(21)7-8-17-16(23)18-10-11-3-1-6-13(9-11)19-15(22)12-4-2-5-12/h1,3,6,9,12H,2,4-5,7-8,10H2,(H,19,22)(H,20,21)(H2,17,18,23). The van der Waals surface area contributed by atoms with E-state index in [1.807, 2.05) is 24.3 Å². The maximum Gasteiger partial charge on any atom is 0.315 e. The molecule has 1 aromatic carbocycles. The van der Waals surface area contributed by atoms with Crippen LogP contribution in [-0.4, -0.2) is 29.6 Å². The molecule has 1 fully saturated rings. The number of carboxylic acid groups (broad SMARTS) is 1. The van der Waals surface area contributed by atoms with Crippen LogP contribution in [0, 0.1) is 5.92 Å². The molecule has 1 aliphatic rings. The van der Waals surface area contributed by atoms with Crippen molar-refractivity contribution in [2.75, 3.05) is 11.9 Å². The first-order chi connectivity index (χ1) is 11.0. The van der Waals surface area contributed by atoms with Gasteiger partial charge in [0, 0.05) is 24.7 Å². The Bertz CT molecular complexity index is 584. The largest absolute Gasteiger partial charge is 0.481 e. The number of anilines is 1. The zero-order valence-electron chi connectivity index (χ0n) is 12.8. The molecule has 0 atom stereocenters. The molecule has 0 aliphatic heterocycles. The number of amides is 3. The molecule has 0 heterocycles. The fourth-order valence-electron chi connectivity index (χ4n) is 2.20. The van der Waals surface area contributed by atoms with Gasteiger partial charge in [-0.1, -0.05) is 18.6 Å². The van der Waals surface area contributed by atoms with Crippen molar-refractivity contribution in [1.82, 2.24) is 10.6 Å². The second kappa shape index (κ2) is 8.17. The normalized spacial score (nSPS) is 13.7. The van der Waals surface area contributed by atoms with Gasteiger partial charge in [0.25, 0.3) is 0 Å². The predicted molar refractivity (Wildman–Crippen MR) is 84.9 cm³/mol. The molecule has 1 aromatic rings. The number of carbonyl (C=O) groups is 3. The second-order valence-electron chi connectivity index (χ2n) is 5.57. The van der Waals surface area contributed by atoms with E-state index in [2.05, 4.69) is 16.0 Å². The molecule has 23 heavy (non-hydrogen) atoms. The number of aliphatic carboxylic acids is 1. The van der Waals surface area contributed by atoms with Gasteiger partial charge in [-0.05, 0) is 30.5 Å². The van der Waals surface area contributed by atoms with Gasteiger partial charge in [-0.3, -0.25) is 9.59 Å². The van der Waals surface area contributed by atoms with E-state index < -0.39 is 12.0 Å². The van der Waals surface area contributed by atoms with E-state index in [4.69, 9.17) is 5.11 Å². The summed E-state index contributed by atoms with van der Waals surface area (Å²) in [5.41, 5.74) is 1.57. The summed E-state index contributed by atoms with van der Waals surface area (Å²) in [7, 11) is 0. The highest BCUT2D eigenvalue weighted by Crippen LogP contribution is 2.27. The minimum absolute atomic E-state index is 0.0489. The quantitative estimate of drug-likeness (QED) is 0.613. The molecule has 2 rings (SSSR count). The smallest absolute Gasteiger partial charge is 0.315 e. The van der Waals surface area contributed by atoms with Crippen LogP contribution >= 0.6 is 0 Å². The maximum atomic E-state index is 11.9. The highest BCUT2D eigenvalue weighted by atomic mass is 16.4. The highest BCUT2D eigenvalue weighted by Gasteiger charge is 2.25. The van der Waals surface area contributed by atoms with Gasteiger partial charge in [-0.25, -0.2) is 4.79 Å². The third-order valence-electron chi connectivity index (χ3n) is 3.75. The maximum absolute atomic E-state index is 11.9. The Hall–Kier alpha value is -2.57. The van der Waals surface area contributed by atoms with Gasteiger partial charge < -0.3 is 21.1 Å². The Kier molecular flexibility index (Phi) is 5.96. The molecular formula is C16H21N3O4. The van der Waals surface area contributed by atoms with Crippen LogP contribution in [0.1, 0.15) is 31.2 Å². The van der Waals surface area contributed by atoms with E-state index in [-0.39, 0.29) is 24.8 Å². The van der Waals surface area contributed by atoms with Gasteiger partial charge in [0.2, 0.25) is 5.91 Å². The van der Waals surface area contributed by atoms with E-state index >= 15 is 0 Å². The van der Waals surface area contributed by atoms with Gasteiger partial charge in [0.1, 0.15) is 0 Å². The molecule has 1 saturated carbocycles. The molecule has 0 bridgehead atoms. The van der Waals surface area contributed by atoms with Crippen molar-refractivity contribution in [3.8, 4) is 0 Å². The SMILES string of the molecule is O=C(O)CCNC(=O)NCc1cccc(NC(=O)C2CCC2)c1. The Morgan fingerprint density at radius 2 is 1.96 bits per heavy atom. The molecule has 0 spiro atoms. The third-order valence-corrected chi connectivity index (χ3v) is 3.75. The molecule has 3 amide bonds. The van der Waals surface area contributed by atoms with E-state index in [1.165, 1.54) is 0 Å². The summed E-state index contributed by atoms with van der Waals surface area (Å²) in [5, 5.41) is 16.5. The summed E-state index contributed by atoms with van der Waals surface area (Å²) >= 11 is 0. The van der Waals surface area contributed by atoms with E-state index in [9.17, 15) is 14.4 Å². The summed E-state index contributed by atoms with van der Waals surface area (Å²) in [6, 6.07) is 6.86. The van der Waals surface area contributed by atoms with Crippen LogP contribution in [0.25, 0.3) is 0 Å². The first-order valence-electron chi connectivity index (χ1n) is 7.68. The lowest BCUT2D eigenvalue weighted by Crippen LogP contribution is -2.36. The van der Waals surface area contributed by atoms with Gasteiger partial charge >= 0.3 is 12.0 Å². The van der Waals surface area contributed by atoms with Crippen molar-refractivity contribution >= 4 is 23.6 Å². The van der Waals surface area contributed by atoms with E-state index in [1.54, 1.807) is 0 Å². The number of hydrogen-bond acceptors (Lipinski definition) is 3. The molecule has 124 valence electrons. The molecule has 0 aromatic heterocycles. The predicted octanol–water partition coefficient (Wildman–Crippen LogP) is 1.70. The Labute approximate surface area is 134 Å². The summed E-state index contributed by atoms with van der Waals surface area (Å²) in [6.45, 7) is 0.380. The number of carbonyl (C=O) groups excluding carboxylic acids is 2. The Morgan fingerprint density at radius 3 is 2.61 bits per heavy atom. The van der Waals surface area contributed by atoms with Crippen molar-refractivity contribution < 1.29 is 19.5 Å². The first kappa shape index (κ1) is 16.8. The van der Waals surface area contributed by atoms with Gasteiger partial charge in [0.05, 0.1) is 6.42 Å². The lowest BCUT2D eigenvalue weighted by molar-refractivity contribution is -0.136. The van der Waals surface area contributed by atoms with E-state index in [0.29, 0.717) is 12.2 Å². The number of nitrogens with one attached hydrogen (secondary N) is 3. The van der Waals surface area contributed by atoms with Crippen molar-refractivity contribution in [2.24, 2.45) is 5.92 Å². The average molecular weight is 319 g/mol. The molecule has 0 saturated heterocycles. The third kappa shape index (κ3) is 5.61. The average Bonchev–Trinajstić information content (AvgIpc) is 2.43. The topological polar surface area (TPSA) is 108 Å². The van der Waals surface area contributed by atoms with Crippen molar-refractivity contribution in [3.63, 3.8) is 0 Å². The number of benzene rings is 1. The molecule has 4 N–H and O–H groups in total. The lowest BCUT2D eigenvalue weighted by atomic mass is 9.85. The summed E-state index contributed by atoms with van der Waals surface area (Å²) < 4.78 is 0. The first-order valence-corrected chi connectivity index (χ1v) is 7.68. The van der Waals surface area contributed by atoms with Crippen molar-refractivity contribution in [3.05, 3.63) is 29.8 Å². The highest BCUT2D eigenvalue weighted by molar-refractivity contribution is 5.93. The lowest BCUT2D eigenvalue weighted by Gasteiger charge is -2.24. The number of urea groups is 1. The molecule has 7 heteroatoms. The summed E-state index contributed by atoms with van der Waals surface area (Å²) in [5.74, 6) is -0.787. The van der Waals surface area contributed by atoms with Crippen LogP contribution in [-0.2, 0) is 16.1 Å². The Morgan fingerprint density at radius 1 is 1.17 bits per heavy atom. The summed E-state index contributed by atoms with van der Waals surface area (Å²) in [6.07, 6.45) is 2.89. The van der Waals surface area contributed by atoms with Crippen LogP contribution in [0.4, 0.5) is 10.5 Å². The minimum atomic E-state index is -0.958. The summed E-state index contributed by atoms with van der Waals surface area (Å²) in [4.78, 5) is 33.8. The fraction of sp³-hybridized carbons (Fsp3) is 0.438. The van der Waals surface area contributed by atoms with Crippen LogP contribution < -0.4 is 16.0 Å². The van der Waals surface area contributed by atoms with Crippen LogP contribution in [0.15, 0.2) is 24.3 Å². The fourth-order valence-corrected chi connectivity index (χ4v) is 2.20. The Balaban J connectivity index is 1.76. The zero-order chi connectivity index (χ0) is 16.7. The molecule has 0 unspecified atom stereocenters. The van der Waals surface area contributed by atoms with Crippen LogP contribution in [0.2, 0.25) is 0 Å².